The van der Waals surface area contributed by atoms with E-state index in [0.717, 1.165) is 135 Å². The first-order valence-corrected chi connectivity index (χ1v) is 33.8. The summed E-state index contributed by atoms with van der Waals surface area (Å²) in [5.41, 5.74) is 0. The van der Waals surface area contributed by atoms with Crippen molar-refractivity contribution >= 4 is 19.7 Å². The van der Waals surface area contributed by atoms with E-state index in [9.17, 15) is 19.0 Å². The quantitative estimate of drug-likeness (QED) is 0.0212. The zero-order valence-corrected chi connectivity index (χ0v) is 53.1. The Balaban J connectivity index is 5.30. The van der Waals surface area contributed by atoms with E-state index >= 15 is 0 Å². The summed E-state index contributed by atoms with van der Waals surface area (Å²) in [6.45, 7) is 6.66. The molecule has 0 aliphatic rings. The van der Waals surface area contributed by atoms with Crippen LogP contribution in [0.15, 0.2) is 122 Å². The molecule has 0 aliphatic carbocycles. The highest BCUT2D eigenvalue weighted by Gasteiger charge is 2.27. The summed E-state index contributed by atoms with van der Waals surface area (Å²) in [6.07, 6.45) is 81.6. The van der Waals surface area contributed by atoms with Gasteiger partial charge in [0, 0.05) is 12.8 Å². The molecule has 0 saturated heterocycles. The van der Waals surface area contributed by atoms with Gasteiger partial charge in [-0.05, 0) is 122 Å². The van der Waals surface area contributed by atoms with Crippen molar-refractivity contribution in [2.24, 2.45) is 0 Å². The largest absolute Gasteiger partial charge is 0.756 e. The van der Waals surface area contributed by atoms with Crippen molar-refractivity contribution in [1.29, 1.82) is 0 Å². The molecule has 0 aromatic heterocycles. The van der Waals surface area contributed by atoms with Gasteiger partial charge in [0.25, 0.3) is 7.82 Å². The molecule has 0 bridgehead atoms. The van der Waals surface area contributed by atoms with Crippen molar-refractivity contribution in [2.75, 3.05) is 40.9 Å². The topological polar surface area (TPSA) is 114 Å². The van der Waals surface area contributed by atoms with Crippen LogP contribution in [0, 0.1) is 0 Å². The van der Waals surface area contributed by atoms with E-state index < -0.39 is 26.6 Å². The van der Waals surface area contributed by atoms with Crippen LogP contribution in [0.25, 0.3) is 0 Å². The second-order valence-corrected chi connectivity index (χ2v) is 23.9. The third-order valence-electron chi connectivity index (χ3n) is 13.6. The first-order chi connectivity index (χ1) is 38.9. The lowest BCUT2D eigenvalue weighted by molar-refractivity contribution is -0.870. The maximum absolute atomic E-state index is 13.6. The molecular formula is C70H121N2O7P. The number of phosphoric acid groups is 1. The molecule has 0 aromatic carbocycles. The summed E-state index contributed by atoms with van der Waals surface area (Å²) in [7, 11) is 1.14. The molecule has 0 heterocycles. The molecule has 1 N–H and O–H groups in total. The van der Waals surface area contributed by atoms with Crippen molar-refractivity contribution in [2.45, 2.75) is 270 Å². The number of allylic oxidation sites excluding steroid dienone is 19. The molecule has 9 nitrogen and oxygen atoms in total. The normalized spacial score (nSPS) is 14.4. The van der Waals surface area contributed by atoms with Crippen LogP contribution in [0.4, 0.5) is 0 Å². The van der Waals surface area contributed by atoms with E-state index in [1.807, 2.05) is 33.3 Å². The molecular weight excluding hydrogens is 1010 g/mol. The van der Waals surface area contributed by atoms with Gasteiger partial charge in [-0.1, -0.05) is 245 Å². The fraction of sp³-hybridized carbons (Fsp3) is 0.686. The molecule has 0 fully saturated rings. The lowest BCUT2D eigenvalue weighted by Gasteiger charge is -2.30. The Hall–Kier alpha value is -3.59. The van der Waals surface area contributed by atoms with Crippen LogP contribution in [0.3, 0.4) is 0 Å². The Morgan fingerprint density at radius 3 is 1.23 bits per heavy atom. The van der Waals surface area contributed by atoms with Crippen molar-refractivity contribution in [3.8, 4) is 0 Å². The average molecular weight is 1130 g/mol. The van der Waals surface area contributed by atoms with Gasteiger partial charge in [0.15, 0.2) is 0 Å². The van der Waals surface area contributed by atoms with Crippen molar-refractivity contribution < 1.29 is 37.3 Å². The number of carbonyl (C=O) groups is 2. The molecule has 0 radical (unpaired) electrons. The van der Waals surface area contributed by atoms with Crippen LogP contribution < -0.4 is 10.2 Å². The number of hydrogen-bond acceptors (Lipinski definition) is 7. The average Bonchev–Trinajstić information content (AvgIpc) is 3.42. The van der Waals surface area contributed by atoms with Gasteiger partial charge in [-0.15, -0.1) is 0 Å². The van der Waals surface area contributed by atoms with Gasteiger partial charge in [-0.25, -0.2) is 0 Å². The van der Waals surface area contributed by atoms with Gasteiger partial charge in [-0.2, -0.15) is 0 Å². The smallest absolute Gasteiger partial charge is 0.306 e. The van der Waals surface area contributed by atoms with E-state index in [1.165, 1.54) is 77.0 Å². The Morgan fingerprint density at radius 1 is 0.450 bits per heavy atom. The minimum absolute atomic E-state index is 0.0364. The lowest BCUT2D eigenvalue weighted by Crippen LogP contribution is -2.47. The molecule has 3 atom stereocenters. The van der Waals surface area contributed by atoms with E-state index in [-0.39, 0.29) is 31.3 Å². The number of likely N-dealkylation sites (N-methyl/N-ethyl adjacent to an activating group) is 1. The number of rotatable bonds is 57. The third-order valence-corrected chi connectivity index (χ3v) is 14.6. The number of nitrogens with one attached hydrogen (secondary N) is 1. The highest BCUT2D eigenvalue weighted by Crippen LogP contribution is 2.38. The van der Waals surface area contributed by atoms with Gasteiger partial charge in [0.1, 0.15) is 19.3 Å². The molecule has 1 amide bonds. The molecule has 0 aromatic rings. The van der Waals surface area contributed by atoms with E-state index in [1.54, 1.807) is 0 Å². The van der Waals surface area contributed by atoms with Crippen LogP contribution in [-0.4, -0.2) is 69.4 Å². The molecule has 0 aliphatic heterocycles. The van der Waals surface area contributed by atoms with Gasteiger partial charge in [-0.3, -0.25) is 14.2 Å². The number of carbonyl (C=O) groups excluding carboxylic acids is 2. The van der Waals surface area contributed by atoms with E-state index in [2.05, 4.69) is 135 Å². The van der Waals surface area contributed by atoms with E-state index in [4.69, 9.17) is 13.8 Å². The van der Waals surface area contributed by atoms with Crippen molar-refractivity contribution in [1.82, 2.24) is 5.32 Å². The van der Waals surface area contributed by atoms with Gasteiger partial charge in [0.2, 0.25) is 5.91 Å². The highest BCUT2D eigenvalue weighted by molar-refractivity contribution is 7.45. The second-order valence-electron chi connectivity index (χ2n) is 22.5. The second kappa shape index (κ2) is 58.6. The minimum atomic E-state index is -4.72. The predicted molar refractivity (Wildman–Crippen MR) is 343 cm³/mol. The summed E-state index contributed by atoms with van der Waals surface area (Å²) < 4.78 is 30.3. The monoisotopic (exact) mass is 1130 g/mol. The van der Waals surface area contributed by atoms with E-state index in [0.29, 0.717) is 23.9 Å². The number of amides is 1. The number of phosphoric ester groups is 1. The molecule has 10 heteroatoms. The van der Waals surface area contributed by atoms with Crippen molar-refractivity contribution in [3.63, 3.8) is 0 Å². The number of quaternary nitrogens is 1. The number of unbranched alkanes of at least 4 members (excludes halogenated alkanes) is 23. The lowest BCUT2D eigenvalue weighted by atomic mass is 10.0. The number of esters is 1. The summed E-state index contributed by atoms with van der Waals surface area (Å²) in [4.78, 5) is 40.1. The Bertz CT molecular complexity index is 1780. The van der Waals surface area contributed by atoms with Crippen LogP contribution in [-0.2, 0) is 27.9 Å². The molecule has 0 spiro atoms. The molecule has 0 saturated carbocycles. The van der Waals surface area contributed by atoms with Crippen LogP contribution in [0.1, 0.15) is 258 Å². The standard InChI is InChI=1S/C70H121N2O7P/c1-7-10-13-16-19-22-25-28-30-32-34-36-38-40-42-44-47-50-53-56-59-62-69(73)71-67(66-78-80(75,76)77-65-64-72(4,5)6)68(61-58-55-52-49-46-27-24-21-18-15-12-9-3)79-70(74)63-60-57-54-51-48-45-43-41-39-37-35-33-31-29-26-23-20-17-14-11-8-2/h10,13,19-20,22-23,28-31,34-37,40-43,58,61,67-68H,7-9,11-12,14-18,21,24-27,32-33,38-39,44-57,59-60,62-66H2,1-6H3,(H-,71,73,75,76)/b13-10-,22-19-,23-20-,30-28-,31-29-,36-34-,37-35-,42-40-,43-41-,61-58+. The summed E-state index contributed by atoms with van der Waals surface area (Å²) in [5, 5.41) is 3.01. The first kappa shape index (κ1) is 76.4. The van der Waals surface area contributed by atoms with Crippen LogP contribution in [0.5, 0.6) is 0 Å². The Labute approximate surface area is 493 Å². The SMILES string of the molecule is CC/C=C\C/C=C\C/C=C\C/C=C\C/C=C\CCCCCCCC(=O)NC(COP(=O)([O-])OCC[N+](C)(C)C)C(/C=C/CCCCCCCCCCCC)OC(=O)CCCCCCC/C=C\C/C=C\C/C=C\C/C=C\CCCCC. The van der Waals surface area contributed by atoms with Gasteiger partial charge >= 0.3 is 5.97 Å². The highest BCUT2D eigenvalue weighted by atomic mass is 31.2. The van der Waals surface area contributed by atoms with Gasteiger partial charge < -0.3 is 28.5 Å². The number of ether oxygens (including phenoxy) is 1. The Morgan fingerprint density at radius 2 is 0.800 bits per heavy atom. The Kier molecular flexibility index (Phi) is 56.0. The van der Waals surface area contributed by atoms with Crippen molar-refractivity contribution in [3.05, 3.63) is 122 Å². The van der Waals surface area contributed by atoms with Gasteiger partial charge in [0.05, 0.1) is 33.8 Å². The maximum atomic E-state index is 13.6. The summed E-state index contributed by atoms with van der Waals surface area (Å²) >= 11 is 0. The zero-order valence-electron chi connectivity index (χ0n) is 52.2. The molecule has 3 unspecified atom stereocenters. The minimum Gasteiger partial charge on any atom is -0.756 e. The van der Waals surface area contributed by atoms with Crippen LogP contribution >= 0.6 is 7.82 Å². The molecule has 0 rings (SSSR count). The fourth-order valence-corrected chi connectivity index (χ4v) is 9.37. The fourth-order valence-electron chi connectivity index (χ4n) is 8.65. The molecule has 80 heavy (non-hydrogen) atoms. The number of nitrogens with zero attached hydrogens (tertiary/aromatic N) is 1. The summed E-state index contributed by atoms with van der Waals surface area (Å²) in [6, 6.07) is -0.916. The third kappa shape index (κ3) is 59.0. The maximum Gasteiger partial charge on any atom is 0.306 e. The first-order valence-electron chi connectivity index (χ1n) is 32.3. The predicted octanol–water partition coefficient (Wildman–Crippen LogP) is 19.6. The van der Waals surface area contributed by atoms with Crippen LogP contribution in [0.2, 0.25) is 0 Å². The molecule has 458 valence electrons. The summed E-state index contributed by atoms with van der Waals surface area (Å²) in [5.74, 6) is -0.590. The number of hydrogen-bond donors (Lipinski definition) is 1. The zero-order chi connectivity index (χ0) is 58.6.